The monoisotopic (exact) mass is 281 g/mol. The van der Waals surface area contributed by atoms with Gasteiger partial charge in [-0.15, -0.1) is 0 Å². The van der Waals surface area contributed by atoms with Gasteiger partial charge in [0.1, 0.15) is 11.0 Å². The van der Waals surface area contributed by atoms with Crippen LogP contribution in [0.4, 0.5) is 0 Å². The number of fused-ring (bicyclic) bond motifs is 1. The maximum absolute atomic E-state index is 12.3. The molecule has 0 aliphatic heterocycles. The van der Waals surface area contributed by atoms with Crippen LogP contribution in [0.2, 0.25) is 0 Å². The lowest BCUT2D eigenvalue weighted by molar-refractivity contribution is 0.0993. The van der Waals surface area contributed by atoms with Crippen LogP contribution in [0, 0.1) is 0 Å². The van der Waals surface area contributed by atoms with Crippen molar-refractivity contribution >= 4 is 26.5 Å². The first-order valence-corrected chi connectivity index (χ1v) is 7.69. The molecule has 102 valence electrons. The first-order chi connectivity index (χ1) is 8.86. The highest BCUT2D eigenvalue weighted by atomic mass is 32.2. The number of benzene rings is 1. The van der Waals surface area contributed by atoms with Crippen LogP contribution in [-0.2, 0) is 9.84 Å². The van der Waals surface area contributed by atoms with Crippen LogP contribution in [0.3, 0.4) is 0 Å². The third-order valence-corrected chi connectivity index (χ3v) is 4.66. The Balaban J connectivity index is 2.61. The number of rotatable bonds is 4. The lowest BCUT2D eigenvalue weighted by atomic mass is 10.1. The number of Topliss-reactive ketones (excluding diaryl/α,β-unsaturated/α-hetero) is 1. The number of aromatic nitrogens is 1. The molecule has 6 heteroatoms. The smallest absolute Gasteiger partial charge is 0.182 e. The fraction of sp³-hybridized carbons (Fsp3) is 0.308. The SMILES string of the molecule is COc1cccc2[nH]cc(C(=O)C(C)S(C)(=O)=O)c12. The molecule has 1 N–H and O–H groups in total. The summed E-state index contributed by atoms with van der Waals surface area (Å²) in [4.78, 5) is 15.2. The molecule has 0 bridgehead atoms. The predicted molar refractivity (Wildman–Crippen MR) is 73.5 cm³/mol. The van der Waals surface area contributed by atoms with Gasteiger partial charge in [-0.2, -0.15) is 0 Å². The maximum atomic E-state index is 12.3. The fourth-order valence-corrected chi connectivity index (χ4v) is 2.45. The minimum atomic E-state index is -3.42. The summed E-state index contributed by atoms with van der Waals surface area (Å²) in [5.74, 6) is 0.112. The molecule has 0 amide bonds. The van der Waals surface area contributed by atoms with E-state index in [-0.39, 0.29) is 0 Å². The van der Waals surface area contributed by atoms with Crippen molar-refractivity contribution in [2.45, 2.75) is 12.2 Å². The molecule has 0 fully saturated rings. The van der Waals surface area contributed by atoms with E-state index in [9.17, 15) is 13.2 Å². The molecule has 0 aliphatic carbocycles. The molecule has 0 spiro atoms. The summed E-state index contributed by atoms with van der Waals surface area (Å²) in [6.45, 7) is 1.39. The first kappa shape index (κ1) is 13.6. The second kappa shape index (κ2) is 4.70. The largest absolute Gasteiger partial charge is 0.496 e. The van der Waals surface area contributed by atoms with E-state index >= 15 is 0 Å². The zero-order valence-electron chi connectivity index (χ0n) is 10.9. The molecule has 1 atom stereocenters. The number of sulfone groups is 1. The Morgan fingerprint density at radius 3 is 2.63 bits per heavy atom. The quantitative estimate of drug-likeness (QED) is 0.867. The Hall–Kier alpha value is -1.82. The molecule has 1 heterocycles. The molecule has 0 radical (unpaired) electrons. The number of carbonyl (C=O) groups is 1. The van der Waals surface area contributed by atoms with E-state index in [1.807, 2.05) is 0 Å². The number of ether oxygens (including phenoxy) is 1. The summed E-state index contributed by atoms with van der Waals surface area (Å²) < 4.78 is 28.2. The third-order valence-electron chi connectivity index (χ3n) is 3.16. The first-order valence-electron chi connectivity index (χ1n) is 5.73. The van der Waals surface area contributed by atoms with Gasteiger partial charge in [0, 0.05) is 23.5 Å². The highest BCUT2D eigenvalue weighted by Gasteiger charge is 2.27. The Morgan fingerprint density at radius 2 is 2.05 bits per heavy atom. The lowest BCUT2D eigenvalue weighted by Crippen LogP contribution is -2.26. The van der Waals surface area contributed by atoms with Crippen molar-refractivity contribution < 1.29 is 17.9 Å². The number of H-pyrrole nitrogens is 1. The van der Waals surface area contributed by atoms with Crippen molar-refractivity contribution in [3.8, 4) is 5.75 Å². The summed E-state index contributed by atoms with van der Waals surface area (Å²) in [5.41, 5.74) is 1.08. The number of aromatic amines is 1. The second-order valence-electron chi connectivity index (χ2n) is 4.42. The van der Waals surface area contributed by atoms with Crippen LogP contribution in [0.1, 0.15) is 17.3 Å². The third kappa shape index (κ3) is 2.35. The maximum Gasteiger partial charge on any atom is 0.182 e. The van der Waals surface area contributed by atoms with Gasteiger partial charge in [-0.1, -0.05) is 6.07 Å². The summed E-state index contributed by atoms with van der Waals surface area (Å²) in [6, 6.07) is 5.34. The number of nitrogens with one attached hydrogen (secondary N) is 1. The van der Waals surface area contributed by atoms with Crippen LogP contribution in [0.25, 0.3) is 10.9 Å². The molecule has 0 aliphatic rings. The molecule has 1 aromatic heterocycles. The number of hydrogen-bond donors (Lipinski definition) is 1. The predicted octanol–water partition coefficient (Wildman–Crippen LogP) is 1.79. The van der Waals surface area contributed by atoms with Crippen molar-refractivity contribution in [3.63, 3.8) is 0 Å². The van der Waals surface area contributed by atoms with E-state index in [1.165, 1.54) is 20.2 Å². The average molecular weight is 281 g/mol. The average Bonchev–Trinajstić information content (AvgIpc) is 2.79. The van der Waals surface area contributed by atoms with Crippen molar-refractivity contribution in [3.05, 3.63) is 30.0 Å². The van der Waals surface area contributed by atoms with E-state index in [0.29, 0.717) is 16.7 Å². The number of ketones is 1. The summed E-state index contributed by atoms with van der Waals surface area (Å²) in [5, 5.41) is -0.457. The fourth-order valence-electron chi connectivity index (χ4n) is 1.93. The van der Waals surface area contributed by atoms with Crippen molar-refractivity contribution in [1.82, 2.24) is 4.98 Å². The normalized spacial score (nSPS) is 13.4. The molecule has 0 saturated carbocycles. The van der Waals surface area contributed by atoms with Crippen LogP contribution in [0.15, 0.2) is 24.4 Å². The molecule has 19 heavy (non-hydrogen) atoms. The number of hydrogen-bond acceptors (Lipinski definition) is 4. The molecular formula is C13H15NO4S. The summed E-state index contributed by atoms with van der Waals surface area (Å²) in [7, 11) is -1.91. The molecular weight excluding hydrogens is 266 g/mol. The lowest BCUT2D eigenvalue weighted by Gasteiger charge is -2.08. The Kier molecular flexibility index (Phi) is 3.36. The second-order valence-corrected chi connectivity index (χ2v) is 6.79. The van der Waals surface area contributed by atoms with Crippen LogP contribution in [0.5, 0.6) is 5.75 Å². The molecule has 2 aromatic rings. The van der Waals surface area contributed by atoms with Gasteiger partial charge in [0.05, 0.1) is 12.5 Å². The minimum absolute atomic E-state index is 0.338. The van der Waals surface area contributed by atoms with Gasteiger partial charge in [-0.05, 0) is 19.1 Å². The highest BCUT2D eigenvalue weighted by molar-refractivity contribution is 7.92. The Bertz CT molecular complexity index is 730. The van der Waals surface area contributed by atoms with Crippen molar-refractivity contribution in [2.75, 3.05) is 13.4 Å². The van der Waals surface area contributed by atoms with Crippen molar-refractivity contribution in [2.24, 2.45) is 0 Å². The van der Waals surface area contributed by atoms with E-state index in [4.69, 9.17) is 4.74 Å². The van der Waals surface area contributed by atoms with Crippen LogP contribution >= 0.6 is 0 Å². The van der Waals surface area contributed by atoms with Crippen LogP contribution in [-0.4, -0.2) is 37.8 Å². The minimum Gasteiger partial charge on any atom is -0.496 e. The molecule has 0 saturated heterocycles. The Labute approximate surface area is 111 Å². The zero-order chi connectivity index (χ0) is 14.2. The standard InChI is InChI=1S/C13H15NO4S/c1-8(19(3,16)17)13(15)9-7-14-10-5-4-6-11(18-2)12(9)10/h4-8,14H,1-3H3. The van der Waals surface area contributed by atoms with Gasteiger partial charge in [-0.25, -0.2) is 8.42 Å². The molecule has 1 aromatic carbocycles. The highest BCUT2D eigenvalue weighted by Crippen LogP contribution is 2.29. The topological polar surface area (TPSA) is 76.2 Å². The summed E-state index contributed by atoms with van der Waals surface area (Å²) >= 11 is 0. The van der Waals surface area contributed by atoms with Gasteiger partial charge >= 0.3 is 0 Å². The zero-order valence-corrected chi connectivity index (χ0v) is 11.7. The van der Waals surface area contributed by atoms with E-state index in [2.05, 4.69) is 4.98 Å². The van der Waals surface area contributed by atoms with Crippen molar-refractivity contribution in [1.29, 1.82) is 0 Å². The van der Waals surface area contributed by atoms with Crippen LogP contribution < -0.4 is 4.74 Å². The Morgan fingerprint density at radius 1 is 1.37 bits per heavy atom. The molecule has 2 rings (SSSR count). The number of methoxy groups -OCH3 is 1. The number of carbonyl (C=O) groups excluding carboxylic acids is 1. The van der Waals surface area contributed by atoms with E-state index < -0.39 is 20.9 Å². The molecule has 1 unspecified atom stereocenters. The summed E-state index contributed by atoms with van der Waals surface area (Å²) in [6.07, 6.45) is 2.58. The molecule has 5 nitrogen and oxygen atoms in total. The van der Waals surface area contributed by atoms with Gasteiger partial charge in [0.2, 0.25) is 0 Å². The van der Waals surface area contributed by atoms with Gasteiger partial charge in [0.25, 0.3) is 0 Å². The van der Waals surface area contributed by atoms with Gasteiger partial charge in [-0.3, -0.25) is 4.79 Å². The van der Waals surface area contributed by atoms with E-state index in [0.717, 1.165) is 11.8 Å². The van der Waals surface area contributed by atoms with E-state index in [1.54, 1.807) is 18.2 Å². The van der Waals surface area contributed by atoms with Gasteiger partial charge in [0.15, 0.2) is 15.6 Å². The van der Waals surface area contributed by atoms with Gasteiger partial charge < -0.3 is 9.72 Å².